The van der Waals surface area contributed by atoms with Gasteiger partial charge in [0.1, 0.15) is 0 Å². The molecule has 0 spiro atoms. The zero-order valence-electron chi connectivity index (χ0n) is 8.64. The first-order chi connectivity index (χ1) is 8.20. The van der Waals surface area contributed by atoms with Gasteiger partial charge in [-0.3, -0.25) is 0 Å². The summed E-state index contributed by atoms with van der Waals surface area (Å²) in [7, 11) is 0. The fourth-order valence-corrected chi connectivity index (χ4v) is 1.67. The predicted molar refractivity (Wildman–Crippen MR) is 68.0 cm³/mol. The molecule has 0 aliphatic carbocycles. The minimum atomic E-state index is -0.594. The van der Waals surface area contributed by atoms with Crippen LogP contribution >= 0.6 is 27.5 Å². The lowest BCUT2D eigenvalue weighted by atomic mass is 10.2. The van der Waals surface area contributed by atoms with Gasteiger partial charge in [0, 0.05) is 16.2 Å². The van der Waals surface area contributed by atoms with Crippen molar-refractivity contribution in [3.05, 3.63) is 41.0 Å². The van der Waals surface area contributed by atoms with Crippen LogP contribution in [0.5, 0.6) is 0 Å². The Morgan fingerprint density at radius 3 is 2.71 bits per heavy atom. The fourth-order valence-electron chi connectivity index (χ4n) is 1.31. The molecule has 0 bridgehead atoms. The molecular formula is C11H8BrClN2O2. The molecular weight excluding hydrogens is 307 g/mol. The molecule has 0 saturated heterocycles. The van der Waals surface area contributed by atoms with E-state index < -0.39 is 6.09 Å². The summed E-state index contributed by atoms with van der Waals surface area (Å²) in [6, 6.07) is 9.18. The quantitative estimate of drug-likeness (QED) is 0.797. The van der Waals surface area contributed by atoms with E-state index >= 15 is 0 Å². The molecule has 6 heteroatoms. The largest absolute Gasteiger partial charge is 0.435 e. The summed E-state index contributed by atoms with van der Waals surface area (Å²) in [4.78, 5) is 11.3. The normalized spacial score (nSPS) is 10.2. The average Bonchev–Trinajstić information content (AvgIpc) is 2.80. The van der Waals surface area contributed by atoms with Crippen molar-refractivity contribution in [3.8, 4) is 11.3 Å². The minimum Gasteiger partial charge on any atom is -0.432 e. The number of nitrogens with zero attached hydrogens (tertiary/aromatic N) is 2. The molecule has 0 atom stereocenters. The molecule has 0 unspecified atom stereocenters. The van der Waals surface area contributed by atoms with Crippen LogP contribution in [-0.4, -0.2) is 21.9 Å². The maximum Gasteiger partial charge on any atom is 0.435 e. The molecule has 4 nitrogen and oxygen atoms in total. The summed E-state index contributed by atoms with van der Waals surface area (Å²) in [5, 5.41) is 4.10. The lowest BCUT2D eigenvalue weighted by Crippen LogP contribution is -2.13. The number of hydrogen-bond acceptors (Lipinski definition) is 3. The van der Waals surface area contributed by atoms with E-state index in [1.807, 2.05) is 24.3 Å². The number of hydrogen-bond donors (Lipinski definition) is 0. The van der Waals surface area contributed by atoms with E-state index in [0.29, 0.717) is 5.69 Å². The Bertz CT molecular complexity index is 525. The van der Waals surface area contributed by atoms with Gasteiger partial charge in [-0.2, -0.15) is 9.78 Å². The van der Waals surface area contributed by atoms with Gasteiger partial charge in [-0.15, -0.1) is 0 Å². The molecule has 17 heavy (non-hydrogen) atoms. The third-order valence-electron chi connectivity index (χ3n) is 2.09. The van der Waals surface area contributed by atoms with Gasteiger partial charge in [0.2, 0.25) is 0 Å². The lowest BCUT2D eigenvalue weighted by Gasteiger charge is -1.99. The Kier molecular flexibility index (Phi) is 3.81. The van der Waals surface area contributed by atoms with Crippen LogP contribution < -0.4 is 0 Å². The van der Waals surface area contributed by atoms with E-state index in [9.17, 15) is 4.79 Å². The predicted octanol–water partition coefficient (Wildman–Crippen LogP) is 3.49. The second-order valence-corrected chi connectivity index (χ2v) is 4.31. The van der Waals surface area contributed by atoms with Crippen LogP contribution in [0.3, 0.4) is 0 Å². The topological polar surface area (TPSA) is 44.1 Å². The van der Waals surface area contributed by atoms with E-state index in [-0.39, 0.29) is 6.07 Å². The van der Waals surface area contributed by atoms with Gasteiger partial charge in [-0.25, -0.2) is 4.79 Å². The van der Waals surface area contributed by atoms with Crippen molar-refractivity contribution in [2.45, 2.75) is 0 Å². The molecule has 0 aliphatic rings. The van der Waals surface area contributed by atoms with Gasteiger partial charge >= 0.3 is 6.09 Å². The molecule has 0 aliphatic heterocycles. The molecule has 1 aromatic heterocycles. The molecule has 0 saturated carbocycles. The highest BCUT2D eigenvalue weighted by molar-refractivity contribution is 9.10. The summed E-state index contributed by atoms with van der Waals surface area (Å²) >= 11 is 8.65. The summed E-state index contributed by atoms with van der Waals surface area (Å²) in [6.07, 6.45) is 0.940. The van der Waals surface area contributed by atoms with E-state index in [2.05, 4.69) is 25.8 Å². The molecule has 0 fully saturated rings. The molecule has 1 heterocycles. The highest BCUT2D eigenvalue weighted by atomic mass is 79.9. The molecule has 2 rings (SSSR count). The fraction of sp³-hybridized carbons (Fsp3) is 0.0909. The Morgan fingerprint density at radius 2 is 2.06 bits per heavy atom. The van der Waals surface area contributed by atoms with Gasteiger partial charge in [-0.1, -0.05) is 39.7 Å². The lowest BCUT2D eigenvalue weighted by molar-refractivity contribution is 0.163. The van der Waals surface area contributed by atoms with E-state index in [0.717, 1.165) is 14.7 Å². The van der Waals surface area contributed by atoms with E-state index in [4.69, 9.17) is 11.6 Å². The first kappa shape index (κ1) is 12.1. The van der Waals surface area contributed by atoms with Gasteiger partial charge in [0.15, 0.2) is 6.07 Å². The molecule has 0 N–H and O–H groups in total. The summed E-state index contributed by atoms with van der Waals surface area (Å²) in [6.45, 7) is 0. The number of rotatable bonds is 2. The van der Waals surface area contributed by atoms with E-state index in [1.54, 1.807) is 6.07 Å². The van der Waals surface area contributed by atoms with E-state index in [1.165, 1.54) is 6.20 Å². The average molecular weight is 316 g/mol. The van der Waals surface area contributed by atoms with Crippen molar-refractivity contribution in [2.24, 2.45) is 0 Å². The van der Waals surface area contributed by atoms with Crippen LogP contribution in [0.2, 0.25) is 0 Å². The van der Waals surface area contributed by atoms with Gasteiger partial charge in [0.05, 0.1) is 5.69 Å². The second kappa shape index (κ2) is 5.33. The zero-order chi connectivity index (χ0) is 12.3. The number of halogens is 2. The van der Waals surface area contributed by atoms with Crippen molar-refractivity contribution >= 4 is 33.6 Å². The highest BCUT2D eigenvalue weighted by Crippen LogP contribution is 2.19. The molecule has 2 aromatic rings. The monoisotopic (exact) mass is 314 g/mol. The Morgan fingerprint density at radius 1 is 1.35 bits per heavy atom. The molecule has 0 amide bonds. The maximum atomic E-state index is 11.3. The van der Waals surface area contributed by atoms with Crippen molar-refractivity contribution in [3.63, 3.8) is 0 Å². The van der Waals surface area contributed by atoms with Crippen LogP contribution in [0.1, 0.15) is 0 Å². The van der Waals surface area contributed by atoms with Crippen molar-refractivity contribution in [1.82, 2.24) is 9.78 Å². The highest BCUT2D eigenvalue weighted by Gasteiger charge is 2.08. The van der Waals surface area contributed by atoms with Crippen molar-refractivity contribution in [1.29, 1.82) is 0 Å². The maximum absolute atomic E-state index is 11.3. The zero-order valence-corrected chi connectivity index (χ0v) is 11.0. The van der Waals surface area contributed by atoms with Crippen molar-refractivity contribution in [2.75, 3.05) is 6.07 Å². The minimum absolute atomic E-state index is 0.188. The summed E-state index contributed by atoms with van der Waals surface area (Å²) in [5.74, 6) is 0. The summed E-state index contributed by atoms with van der Waals surface area (Å²) in [5.41, 5.74) is 1.62. The van der Waals surface area contributed by atoms with Crippen LogP contribution in [0.4, 0.5) is 4.79 Å². The van der Waals surface area contributed by atoms with Crippen LogP contribution in [0, 0.1) is 0 Å². The smallest absolute Gasteiger partial charge is 0.432 e. The van der Waals surface area contributed by atoms with Gasteiger partial charge in [0.25, 0.3) is 0 Å². The number of ether oxygens (including phenoxy) is 1. The number of aromatic nitrogens is 2. The second-order valence-electron chi connectivity index (χ2n) is 3.17. The van der Waals surface area contributed by atoms with Crippen LogP contribution in [0.25, 0.3) is 11.3 Å². The van der Waals surface area contributed by atoms with Crippen LogP contribution in [0.15, 0.2) is 41.0 Å². The van der Waals surface area contributed by atoms with Gasteiger partial charge in [-0.05, 0) is 18.2 Å². The van der Waals surface area contributed by atoms with Gasteiger partial charge < -0.3 is 4.74 Å². The summed E-state index contributed by atoms with van der Waals surface area (Å²) < 4.78 is 6.71. The van der Waals surface area contributed by atoms with Crippen LogP contribution in [-0.2, 0) is 4.74 Å². The van der Waals surface area contributed by atoms with Crippen molar-refractivity contribution < 1.29 is 9.53 Å². The molecule has 88 valence electrons. The third-order valence-corrected chi connectivity index (χ3v) is 2.73. The Hall–Kier alpha value is -1.33. The number of carbonyl (C=O) groups is 1. The molecule has 0 radical (unpaired) electrons. The first-order valence-electron chi connectivity index (χ1n) is 4.75. The molecule has 1 aromatic carbocycles. The third kappa shape index (κ3) is 2.87. The number of benzene rings is 1. The Balaban J connectivity index is 2.23. The number of carbonyl (C=O) groups excluding carboxylic acids is 1. The first-order valence-corrected chi connectivity index (χ1v) is 6.08. The standard InChI is InChI=1S/C11H8BrClN2O2/c12-9-3-1-8(2-4-9)10-5-6-15(14-10)11(16)17-7-13/h1-6H,7H2. The number of alkyl halides is 1. The SMILES string of the molecule is O=C(OCCl)n1ccc(-c2ccc(Br)cc2)n1. The Labute approximate surface area is 111 Å².